The summed E-state index contributed by atoms with van der Waals surface area (Å²) in [6, 6.07) is 0.667. The van der Waals surface area contributed by atoms with E-state index in [0.29, 0.717) is 24.2 Å². The van der Waals surface area contributed by atoms with Crippen molar-refractivity contribution in [3.63, 3.8) is 0 Å². The molecule has 0 spiro atoms. The molecule has 3 nitrogen and oxygen atoms in total. The number of hydrogen-bond donors (Lipinski definition) is 1. The number of ether oxygens (including phenoxy) is 1. The lowest BCUT2D eigenvalue weighted by atomic mass is 9.72. The molecule has 2 aliphatic rings. The minimum absolute atomic E-state index is 0.345. The van der Waals surface area contributed by atoms with Crippen molar-refractivity contribution < 1.29 is 9.84 Å². The Morgan fingerprint density at radius 2 is 1.61 bits per heavy atom. The summed E-state index contributed by atoms with van der Waals surface area (Å²) in [7, 11) is 2.16. The summed E-state index contributed by atoms with van der Waals surface area (Å²) in [4.78, 5) is 2.35. The fourth-order valence-electron chi connectivity index (χ4n) is 4.40. The van der Waals surface area contributed by atoms with Crippen LogP contribution in [-0.4, -0.2) is 48.5 Å². The van der Waals surface area contributed by atoms with Crippen LogP contribution in [0.5, 0.6) is 0 Å². The molecule has 1 N–H and O–H groups in total. The smallest absolute Gasteiger partial charge is 0.0900 e. The van der Waals surface area contributed by atoms with Gasteiger partial charge in [-0.3, -0.25) is 0 Å². The molecule has 0 aromatic heterocycles. The van der Waals surface area contributed by atoms with Crippen LogP contribution >= 0.6 is 0 Å². The molecule has 0 heterocycles. The molecular weight excluding hydrogens is 286 g/mol. The molecule has 3 heteroatoms. The Balaban J connectivity index is 1.62. The topological polar surface area (TPSA) is 32.7 Å². The minimum Gasteiger partial charge on any atom is -0.389 e. The normalized spacial score (nSPS) is 29.0. The molecule has 1 atom stereocenters. The van der Waals surface area contributed by atoms with Gasteiger partial charge in [0.25, 0.3) is 0 Å². The van der Waals surface area contributed by atoms with Crippen LogP contribution in [0.3, 0.4) is 0 Å². The first-order valence-corrected chi connectivity index (χ1v) is 9.86. The Labute approximate surface area is 143 Å². The van der Waals surface area contributed by atoms with Gasteiger partial charge in [0, 0.05) is 12.6 Å². The Bertz CT molecular complexity index is 325. The monoisotopic (exact) mass is 325 g/mol. The maximum atomic E-state index is 10.3. The summed E-state index contributed by atoms with van der Waals surface area (Å²) >= 11 is 0. The fourth-order valence-corrected chi connectivity index (χ4v) is 4.40. The Morgan fingerprint density at radius 3 is 2.17 bits per heavy atom. The fraction of sp³-hybridized carbons (Fsp3) is 1.00. The zero-order valence-electron chi connectivity index (χ0n) is 15.9. The standard InChI is InChI=1S/C20H39NO2/c1-20(2,3)16-10-12-19(13-11-16)23-15-18(22)14-21(4)17-8-6-5-7-9-17/h16-19,22H,5-15H2,1-4H3/t16?,18-,19?/m0/s1. The summed E-state index contributed by atoms with van der Waals surface area (Å²) in [6.07, 6.45) is 11.5. The number of rotatable bonds is 6. The second-order valence-electron chi connectivity index (χ2n) is 9.06. The third-order valence-electron chi connectivity index (χ3n) is 6.12. The van der Waals surface area contributed by atoms with Crippen LogP contribution in [-0.2, 0) is 4.74 Å². The molecule has 136 valence electrons. The van der Waals surface area contributed by atoms with Gasteiger partial charge in [-0.05, 0) is 56.9 Å². The van der Waals surface area contributed by atoms with Crippen molar-refractivity contribution in [1.29, 1.82) is 0 Å². The lowest BCUT2D eigenvalue weighted by Crippen LogP contribution is -2.40. The summed E-state index contributed by atoms with van der Waals surface area (Å²) in [5, 5.41) is 10.3. The molecule has 0 radical (unpaired) electrons. The number of hydrogen-bond acceptors (Lipinski definition) is 3. The number of aliphatic hydroxyl groups is 1. The highest BCUT2D eigenvalue weighted by Gasteiger charge is 2.30. The van der Waals surface area contributed by atoms with Crippen molar-refractivity contribution in [2.45, 2.75) is 96.8 Å². The lowest BCUT2D eigenvalue weighted by Gasteiger charge is -2.37. The van der Waals surface area contributed by atoms with Gasteiger partial charge in [-0.2, -0.15) is 0 Å². The maximum absolute atomic E-state index is 10.3. The van der Waals surface area contributed by atoms with Gasteiger partial charge in [-0.15, -0.1) is 0 Å². The van der Waals surface area contributed by atoms with E-state index in [1.807, 2.05) is 0 Å². The van der Waals surface area contributed by atoms with Crippen molar-refractivity contribution in [1.82, 2.24) is 4.90 Å². The average Bonchev–Trinajstić information content (AvgIpc) is 2.53. The Hall–Kier alpha value is -0.120. The molecular formula is C20H39NO2. The van der Waals surface area contributed by atoms with E-state index in [1.54, 1.807) is 0 Å². The SMILES string of the molecule is CN(C[C@H](O)COC1CCC(C(C)(C)C)CC1)C1CCCCC1. The molecule has 2 saturated carbocycles. The summed E-state index contributed by atoms with van der Waals surface area (Å²) in [6.45, 7) is 8.31. The van der Waals surface area contributed by atoms with Crippen LogP contribution in [0.15, 0.2) is 0 Å². The predicted octanol–water partition coefficient (Wildman–Crippen LogP) is 4.23. The number of likely N-dealkylation sites (N-methyl/N-ethyl adjacent to an activating group) is 1. The van der Waals surface area contributed by atoms with E-state index in [9.17, 15) is 5.11 Å². The number of aliphatic hydroxyl groups excluding tert-OH is 1. The molecule has 0 aliphatic heterocycles. The zero-order valence-corrected chi connectivity index (χ0v) is 15.9. The molecule has 2 rings (SSSR count). The van der Waals surface area contributed by atoms with Gasteiger partial charge >= 0.3 is 0 Å². The average molecular weight is 326 g/mol. The van der Waals surface area contributed by atoms with E-state index in [4.69, 9.17) is 4.74 Å². The Morgan fingerprint density at radius 1 is 1.00 bits per heavy atom. The van der Waals surface area contributed by atoms with Gasteiger partial charge in [-0.25, -0.2) is 0 Å². The van der Waals surface area contributed by atoms with Crippen molar-refractivity contribution >= 4 is 0 Å². The van der Waals surface area contributed by atoms with E-state index in [-0.39, 0.29) is 6.10 Å². The third-order valence-corrected chi connectivity index (χ3v) is 6.12. The Kier molecular flexibility index (Phi) is 7.37. The van der Waals surface area contributed by atoms with Crippen LogP contribution < -0.4 is 0 Å². The molecule has 0 amide bonds. The number of nitrogens with zero attached hydrogens (tertiary/aromatic N) is 1. The summed E-state index contributed by atoms with van der Waals surface area (Å²) < 4.78 is 6.02. The van der Waals surface area contributed by atoms with Crippen molar-refractivity contribution in [2.24, 2.45) is 11.3 Å². The highest BCUT2D eigenvalue weighted by atomic mass is 16.5. The molecule has 0 unspecified atom stereocenters. The molecule has 23 heavy (non-hydrogen) atoms. The van der Waals surface area contributed by atoms with Gasteiger partial charge in [0.1, 0.15) is 0 Å². The highest BCUT2D eigenvalue weighted by Crippen LogP contribution is 2.38. The van der Waals surface area contributed by atoms with E-state index in [1.165, 1.54) is 44.9 Å². The lowest BCUT2D eigenvalue weighted by molar-refractivity contribution is -0.0461. The van der Waals surface area contributed by atoms with Gasteiger partial charge in [0.15, 0.2) is 0 Å². The third kappa shape index (κ3) is 6.36. The van der Waals surface area contributed by atoms with Crippen LogP contribution in [0.4, 0.5) is 0 Å². The van der Waals surface area contributed by atoms with E-state index < -0.39 is 0 Å². The van der Waals surface area contributed by atoms with Gasteiger partial charge < -0.3 is 14.7 Å². The van der Waals surface area contributed by atoms with E-state index in [0.717, 1.165) is 25.3 Å². The quantitative estimate of drug-likeness (QED) is 0.793. The first kappa shape index (κ1) is 19.2. The van der Waals surface area contributed by atoms with E-state index in [2.05, 4.69) is 32.7 Å². The predicted molar refractivity (Wildman–Crippen MR) is 96.7 cm³/mol. The van der Waals surface area contributed by atoms with Gasteiger partial charge in [0.2, 0.25) is 0 Å². The molecule has 0 aromatic rings. The zero-order chi connectivity index (χ0) is 16.9. The molecule has 0 saturated heterocycles. The van der Waals surface area contributed by atoms with Crippen molar-refractivity contribution in [3.8, 4) is 0 Å². The van der Waals surface area contributed by atoms with Gasteiger partial charge in [0.05, 0.1) is 18.8 Å². The van der Waals surface area contributed by atoms with Crippen LogP contribution in [0, 0.1) is 11.3 Å². The summed E-state index contributed by atoms with van der Waals surface area (Å²) in [5.74, 6) is 0.824. The second-order valence-corrected chi connectivity index (χ2v) is 9.06. The van der Waals surface area contributed by atoms with Crippen LogP contribution in [0.2, 0.25) is 0 Å². The molecule has 0 bridgehead atoms. The molecule has 2 fully saturated rings. The first-order valence-electron chi connectivity index (χ1n) is 9.86. The van der Waals surface area contributed by atoms with Gasteiger partial charge in [-0.1, -0.05) is 40.0 Å². The second kappa shape index (κ2) is 8.82. The molecule has 0 aromatic carbocycles. The molecule has 2 aliphatic carbocycles. The van der Waals surface area contributed by atoms with Crippen molar-refractivity contribution in [2.75, 3.05) is 20.2 Å². The van der Waals surface area contributed by atoms with E-state index >= 15 is 0 Å². The minimum atomic E-state index is -0.345. The first-order chi connectivity index (χ1) is 10.9. The summed E-state index contributed by atoms with van der Waals surface area (Å²) in [5.41, 5.74) is 0.424. The maximum Gasteiger partial charge on any atom is 0.0900 e. The van der Waals surface area contributed by atoms with Crippen LogP contribution in [0.1, 0.15) is 78.6 Å². The highest BCUT2D eigenvalue weighted by molar-refractivity contribution is 4.81. The largest absolute Gasteiger partial charge is 0.389 e. The van der Waals surface area contributed by atoms with Crippen LogP contribution in [0.25, 0.3) is 0 Å². The van der Waals surface area contributed by atoms with Crippen molar-refractivity contribution in [3.05, 3.63) is 0 Å².